The van der Waals surface area contributed by atoms with Gasteiger partial charge in [0.25, 0.3) is 0 Å². The van der Waals surface area contributed by atoms with Gasteiger partial charge in [-0.15, -0.1) is 23.1 Å². The average Bonchev–Trinajstić information content (AvgIpc) is 3.12. The van der Waals surface area contributed by atoms with Crippen molar-refractivity contribution in [1.29, 1.82) is 0 Å². The largest absolute Gasteiger partial charge is 0.489 e. The van der Waals surface area contributed by atoms with E-state index in [9.17, 15) is 13.6 Å². The molecule has 3 rings (SSSR count). The fraction of sp³-hybridized carbons (Fsp3) is 0.105. The Balaban J connectivity index is 1.74. The lowest BCUT2D eigenvalue weighted by Crippen LogP contribution is -1.95. The number of thiophene rings is 1. The third kappa shape index (κ3) is 4.05. The predicted octanol–water partition coefficient (Wildman–Crippen LogP) is 5.69. The molecule has 0 radical (unpaired) electrons. The molecule has 1 heterocycles. The first-order valence-electron chi connectivity index (χ1n) is 7.55. The molecule has 0 aliphatic heterocycles. The van der Waals surface area contributed by atoms with Crippen LogP contribution in [0, 0.1) is 11.6 Å². The van der Waals surface area contributed by atoms with E-state index in [1.54, 1.807) is 42.0 Å². The third-order valence-electron chi connectivity index (χ3n) is 3.68. The van der Waals surface area contributed by atoms with Crippen LogP contribution in [-0.4, -0.2) is 17.3 Å². The SMILES string of the molecule is CSc1cc(F)c(F)cc1-c1ccc(OCc2csc(C(=O)O)c2)cc1. The number of ether oxygens (including phenoxy) is 1. The molecule has 0 saturated heterocycles. The molecular formula is C19H14F2O3S2. The number of benzene rings is 2. The first-order valence-corrected chi connectivity index (χ1v) is 9.65. The van der Waals surface area contributed by atoms with Crippen LogP contribution >= 0.6 is 23.1 Å². The Morgan fingerprint density at radius 2 is 1.85 bits per heavy atom. The van der Waals surface area contributed by atoms with Crippen molar-refractivity contribution in [1.82, 2.24) is 0 Å². The maximum absolute atomic E-state index is 13.6. The van der Waals surface area contributed by atoms with Gasteiger partial charge in [-0.3, -0.25) is 0 Å². The number of hydrogen-bond acceptors (Lipinski definition) is 4. The Kier molecular flexibility index (Phi) is 5.58. The summed E-state index contributed by atoms with van der Waals surface area (Å²) in [6, 6.07) is 11.0. The highest BCUT2D eigenvalue weighted by Gasteiger charge is 2.11. The molecule has 0 bridgehead atoms. The van der Waals surface area contributed by atoms with Crippen molar-refractivity contribution in [3.05, 3.63) is 69.9 Å². The zero-order valence-corrected chi connectivity index (χ0v) is 15.3. The summed E-state index contributed by atoms with van der Waals surface area (Å²) in [5.41, 5.74) is 2.15. The molecule has 7 heteroatoms. The molecule has 0 atom stereocenters. The fourth-order valence-corrected chi connectivity index (χ4v) is 3.74. The standard InChI is InChI=1S/C19H14F2O3S2/c1-25-17-8-16(21)15(20)7-14(17)12-2-4-13(5-3-12)24-9-11-6-18(19(22)23)26-10-11/h2-8,10H,9H2,1H3,(H,22,23). The highest BCUT2D eigenvalue weighted by Crippen LogP contribution is 2.33. The second kappa shape index (κ2) is 7.88. The van der Waals surface area contributed by atoms with Crippen LogP contribution in [0.15, 0.2) is 52.7 Å². The normalized spacial score (nSPS) is 10.7. The van der Waals surface area contributed by atoms with Crippen LogP contribution in [0.5, 0.6) is 5.75 Å². The van der Waals surface area contributed by atoms with E-state index in [0.29, 0.717) is 16.2 Å². The molecule has 0 unspecified atom stereocenters. The van der Waals surface area contributed by atoms with Gasteiger partial charge in [-0.25, -0.2) is 13.6 Å². The molecule has 0 aliphatic rings. The number of rotatable bonds is 6. The number of thioether (sulfide) groups is 1. The minimum Gasteiger partial charge on any atom is -0.489 e. The molecule has 3 nitrogen and oxygen atoms in total. The van der Waals surface area contributed by atoms with Crippen LogP contribution in [0.4, 0.5) is 8.78 Å². The summed E-state index contributed by atoms with van der Waals surface area (Å²) in [5.74, 6) is -2.11. The fourth-order valence-electron chi connectivity index (χ4n) is 2.38. The molecule has 0 fully saturated rings. The number of halogens is 2. The van der Waals surface area contributed by atoms with E-state index in [-0.39, 0.29) is 11.5 Å². The number of aromatic carboxylic acids is 1. The number of hydrogen-bond donors (Lipinski definition) is 1. The molecule has 2 aromatic carbocycles. The highest BCUT2D eigenvalue weighted by atomic mass is 32.2. The average molecular weight is 392 g/mol. The van der Waals surface area contributed by atoms with Crippen molar-refractivity contribution in [2.75, 3.05) is 6.26 Å². The van der Waals surface area contributed by atoms with Gasteiger partial charge in [0.2, 0.25) is 0 Å². The molecule has 1 aromatic heterocycles. The van der Waals surface area contributed by atoms with Crippen molar-refractivity contribution in [2.24, 2.45) is 0 Å². The maximum Gasteiger partial charge on any atom is 0.345 e. The van der Waals surface area contributed by atoms with Gasteiger partial charge in [-0.2, -0.15) is 0 Å². The summed E-state index contributed by atoms with van der Waals surface area (Å²) in [4.78, 5) is 11.8. The predicted molar refractivity (Wildman–Crippen MR) is 99.2 cm³/mol. The lowest BCUT2D eigenvalue weighted by Gasteiger charge is -2.10. The molecule has 0 spiro atoms. The van der Waals surface area contributed by atoms with Crippen molar-refractivity contribution in [3.63, 3.8) is 0 Å². The molecule has 0 aliphatic carbocycles. The maximum atomic E-state index is 13.6. The molecule has 3 aromatic rings. The minimum atomic E-state index is -0.957. The van der Waals surface area contributed by atoms with E-state index in [1.165, 1.54) is 23.9 Å². The number of carboxylic acid groups (broad SMARTS) is 1. The number of carboxylic acids is 1. The Morgan fingerprint density at radius 1 is 1.15 bits per heavy atom. The minimum absolute atomic E-state index is 0.254. The monoisotopic (exact) mass is 392 g/mol. The summed E-state index contributed by atoms with van der Waals surface area (Å²) in [7, 11) is 0. The van der Waals surface area contributed by atoms with E-state index in [4.69, 9.17) is 9.84 Å². The van der Waals surface area contributed by atoms with E-state index in [0.717, 1.165) is 22.5 Å². The Morgan fingerprint density at radius 3 is 2.46 bits per heavy atom. The zero-order chi connectivity index (χ0) is 18.7. The molecule has 1 N–H and O–H groups in total. The van der Waals surface area contributed by atoms with Gasteiger partial charge in [0.1, 0.15) is 17.2 Å². The Labute approximate surface area is 157 Å². The highest BCUT2D eigenvalue weighted by molar-refractivity contribution is 7.98. The van der Waals surface area contributed by atoms with E-state index >= 15 is 0 Å². The summed E-state index contributed by atoms with van der Waals surface area (Å²) in [6.45, 7) is 0.254. The molecule has 26 heavy (non-hydrogen) atoms. The van der Waals surface area contributed by atoms with Crippen LogP contribution < -0.4 is 4.74 Å². The second-order valence-electron chi connectivity index (χ2n) is 5.40. The van der Waals surface area contributed by atoms with E-state index < -0.39 is 17.6 Å². The van der Waals surface area contributed by atoms with E-state index in [2.05, 4.69) is 0 Å². The molecule has 0 amide bonds. The van der Waals surface area contributed by atoms with Gasteiger partial charge in [0.15, 0.2) is 11.6 Å². The van der Waals surface area contributed by atoms with Crippen LogP contribution in [0.2, 0.25) is 0 Å². The summed E-state index contributed by atoms with van der Waals surface area (Å²) < 4.78 is 32.6. The van der Waals surface area contributed by atoms with Crippen molar-refractivity contribution >= 4 is 29.1 Å². The van der Waals surface area contributed by atoms with Crippen LogP contribution in [-0.2, 0) is 6.61 Å². The lowest BCUT2D eigenvalue weighted by atomic mass is 10.1. The first-order chi connectivity index (χ1) is 12.5. The number of carbonyl (C=O) groups is 1. The Bertz CT molecular complexity index is 936. The van der Waals surface area contributed by atoms with Gasteiger partial charge >= 0.3 is 5.97 Å². The zero-order valence-electron chi connectivity index (χ0n) is 13.7. The topological polar surface area (TPSA) is 46.5 Å². The van der Waals surface area contributed by atoms with Crippen molar-refractivity contribution in [2.45, 2.75) is 11.5 Å². The summed E-state index contributed by atoms with van der Waals surface area (Å²) in [5, 5.41) is 10.7. The van der Waals surface area contributed by atoms with Crippen molar-refractivity contribution in [3.8, 4) is 16.9 Å². The summed E-state index contributed by atoms with van der Waals surface area (Å²) >= 11 is 2.50. The van der Waals surface area contributed by atoms with Gasteiger partial charge < -0.3 is 9.84 Å². The molecular weight excluding hydrogens is 378 g/mol. The van der Waals surface area contributed by atoms with Gasteiger partial charge in [0, 0.05) is 10.5 Å². The second-order valence-corrected chi connectivity index (χ2v) is 7.16. The molecule has 134 valence electrons. The van der Waals surface area contributed by atoms with Crippen LogP contribution in [0.1, 0.15) is 15.2 Å². The Hall–Kier alpha value is -2.38. The lowest BCUT2D eigenvalue weighted by molar-refractivity contribution is 0.0702. The van der Waals surface area contributed by atoms with Gasteiger partial charge in [-0.05, 0) is 53.1 Å². The van der Waals surface area contributed by atoms with Crippen LogP contribution in [0.3, 0.4) is 0 Å². The van der Waals surface area contributed by atoms with Gasteiger partial charge in [-0.1, -0.05) is 12.1 Å². The smallest absolute Gasteiger partial charge is 0.345 e. The van der Waals surface area contributed by atoms with Crippen molar-refractivity contribution < 1.29 is 23.4 Å². The summed E-state index contributed by atoms with van der Waals surface area (Å²) in [6.07, 6.45) is 1.81. The van der Waals surface area contributed by atoms with Crippen LogP contribution in [0.25, 0.3) is 11.1 Å². The quantitative estimate of drug-likeness (QED) is 0.547. The van der Waals surface area contributed by atoms with Gasteiger partial charge in [0.05, 0.1) is 0 Å². The third-order valence-corrected chi connectivity index (χ3v) is 5.42. The first kappa shape index (κ1) is 18.4. The molecule has 0 saturated carbocycles. The van der Waals surface area contributed by atoms with E-state index in [1.807, 2.05) is 0 Å².